The Labute approximate surface area is 173 Å². The van der Waals surface area contributed by atoms with Crippen molar-refractivity contribution in [2.24, 2.45) is 5.73 Å². The molecule has 0 aliphatic carbocycles. The molecule has 1 unspecified atom stereocenters. The highest BCUT2D eigenvalue weighted by atomic mass is 35.5. The van der Waals surface area contributed by atoms with Gasteiger partial charge in [-0.1, -0.05) is 16.8 Å². The molecule has 1 saturated heterocycles. The maximum Gasteiger partial charge on any atom is 0.227 e. The first kappa shape index (κ1) is 21.1. The van der Waals surface area contributed by atoms with Crippen LogP contribution in [0.25, 0.3) is 0 Å². The zero-order valence-corrected chi connectivity index (χ0v) is 17.2. The van der Waals surface area contributed by atoms with Crippen LogP contribution in [0.15, 0.2) is 28.8 Å². The molecule has 2 amide bonds. The van der Waals surface area contributed by atoms with E-state index in [9.17, 15) is 9.59 Å². The number of hydrogen-bond donors (Lipinski definition) is 1. The quantitative estimate of drug-likeness (QED) is 0.732. The Hall–Kier alpha value is -2.58. The number of ether oxygens (including phenoxy) is 2. The largest absolute Gasteiger partial charge is 0.490 e. The van der Waals surface area contributed by atoms with Crippen LogP contribution in [-0.2, 0) is 20.7 Å². The number of amides is 2. The summed E-state index contributed by atoms with van der Waals surface area (Å²) in [4.78, 5) is 26.3. The second kappa shape index (κ2) is 8.84. The number of aryl methyl sites for hydroxylation is 2. The van der Waals surface area contributed by atoms with Crippen LogP contribution in [0.4, 0.5) is 0 Å². The fraction of sp³-hybridized carbons (Fsp3) is 0.450. The first-order valence-electron chi connectivity index (χ1n) is 9.28. The zero-order chi connectivity index (χ0) is 21.0. The zero-order valence-electron chi connectivity index (χ0n) is 16.4. The average molecular weight is 422 g/mol. The fourth-order valence-electron chi connectivity index (χ4n) is 3.38. The Morgan fingerprint density at radius 3 is 2.66 bits per heavy atom. The van der Waals surface area contributed by atoms with Gasteiger partial charge in [0.2, 0.25) is 11.8 Å². The van der Waals surface area contributed by atoms with E-state index in [0.29, 0.717) is 28.8 Å². The van der Waals surface area contributed by atoms with Gasteiger partial charge in [0.15, 0.2) is 0 Å². The number of hydrogen-bond acceptors (Lipinski definition) is 6. The predicted molar refractivity (Wildman–Crippen MR) is 106 cm³/mol. The third kappa shape index (κ3) is 5.27. The number of primary amides is 1. The minimum atomic E-state index is -1.02. The molecule has 2 N–H and O–H groups in total. The average Bonchev–Trinajstić information content (AvgIpc) is 2.99. The van der Waals surface area contributed by atoms with E-state index in [1.807, 2.05) is 0 Å². The van der Waals surface area contributed by atoms with Crippen LogP contribution in [0, 0.1) is 13.8 Å². The molecular weight excluding hydrogens is 398 g/mol. The van der Waals surface area contributed by atoms with Crippen LogP contribution in [-0.4, -0.2) is 53.8 Å². The van der Waals surface area contributed by atoms with Gasteiger partial charge >= 0.3 is 0 Å². The van der Waals surface area contributed by atoms with Crippen molar-refractivity contribution < 1.29 is 23.6 Å². The second-order valence-electron chi connectivity index (χ2n) is 7.21. The van der Waals surface area contributed by atoms with E-state index >= 15 is 0 Å². The van der Waals surface area contributed by atoms with Gasteiger partial charge in [-0.2, -0.15) is 0 Å². The van der Waals surface area contributed by atoms with Gasteiger partial charge in [-0.05, 0) is 38.1 Å². The Morgan fingerprint density at radius 1 is 1.31 bits per heavy atom. The summed E-state index contributed by atoms with van der Waals surface area (Å²) in [7, 11) is 0. The predicted octanol–water partition coefficient (Wildman–Crippen LogP) is 2.04. The van der Waals surface area contributed by atoms with Crippen molar-refractivity contribution in [1.29, 1.82) is 0 Å². The van der Waals surface area contributed by atoms with E-state index in [1.165, 1.54) is 0 Å². The summed E-state index contributed by atoms with van der Waals surface area (Å²) in [6, 6.07) is 6.87. The van der Waals surface area contributed by atoms with E-state index in [4.69, 9.17) is 31.3 Å². The van der Waals surface area contributed by atoms with Gasteiger partial charge < -0.3 is 24.6 Å². The third-order valence-electron chi connectivity index (χ3n) is 4.92. The number of benzene rings is 1. The lowest BCUT2D eigenvalue weighted by Gasteiger charge is -2.42. The van der Waals surface area contributed by atoms with Crippen LogP contribution in [0.3, 0.4) is 0 Å². The highest BCUT2D eigenvalue weighted by molar-refractivity contribution is 6.30. The molecule has 0 spiro atoms. The van der Waals surface area contributed by atoms with E-state index in [2.05, 4.69) is 5.16 Å². The highest BCUT2D eigenvalue weighted by Gasteiger charge is 2.41. The summed E-state index contributed by atoms with van der Waals surface area (Å²) in [6.07, 6.45) is 0.113. The SMILES string of the molecule is Cc1noc(C)c1CC(=O)N1CCOC(COc2ccc(Cl)cc2)(CC(N)=O)C1. The summed E-state index contributed by atoms with van der Waals surface area (Å²) < 4.78 is 16.9. The molecule has 3 rings (SSSR count). The maximum atomic E-state index is 12.9. The van der Waals surface area contributed by atoms with Gasteiger partial charge in [0, 0.05) is 17.1 Å². The minimum absolute atomic E-state index is 0.0598. The second-order valence-corrected chi connectivity index (χ2v) is 7.65. The van der Waals surface area contributed by atoms with Crippen LogP contribution < -0.4 is 10.5 Å². The molecule has 0 bridgehead atoms. The van der Waals surface area contributed by atoms with Crippen LogP contribution in [0.1, 0.15) is 23.4 Å². The monoisotopic (exact) mass is 421 g/mol. The molecule has 1 atom stereocenters. The smallest absolute Gasteiger partial charge is 0.227 e. The maximum absolute atomic E-state index is 12.9. The first-order valence-corrected chi connectivity index (χ1v) is 9.66. The van der Waals surface area contributed by atoms with Gasteiger partial charge in [-0.15, -0.1) is 0 Å². The number of halogens is 1. The van der Waals surface area contributed by atoms with Gasteiger partial charge in [0.1, 0.15) is 23.7 Å². The van der Waals surface area contributed by atoms with Crippen molar-refractivity contribution in [3.8, 4) is 5.75 Å². The highest BCUT2D eigenvalue weighted by Crippen LogP contribution is 2.26. The molecule has 1 aromatic carbocycles. The van der Waals surface area contributed by atoms with Crippen molar-refractivity contribution >= 4 is 23.4 Å². The Kier molecular flexibility index (Phi) is 6.44. The number of aromatic nitrogens is 1. The van der Waals surface area contributed by atoms with Crippen LogP contribution in [0.5, 0.6) is 5.75 Å². The number of morpholine rings is 1. The summed E-state index contributed by atoms with van der Waals surface area (Å²) in [6.45, 7) is 4.56. The summed E-state index contributed by atoms with van der Waals surface area (Å²) in [5.74, 6) is 0.590. The lowest BCUT2D eigenvalue weighted by Crippen LogP contribution is -2.58. The number of nitrogens with zero attached hydrogens (tertiary/aromatic N) is 2. The molecule has 1 aliphatic rings. The molecule has 1 fully saturated rings. The summed E-state index contributed by atoms with van der Waals surface area (Å²) in [5.41, 5.74) is 5.91. The lowest BCUT2D eigenvalue weighted by atomic mass is 9.97. The molecule has 9 heteroatoms. The number of nitrogens with two attached hydrogens (primary N) is 1. The lowest BCUT2D eigenvalue weighted by molar-refractivity contribution is -0.161. The molecule has 2 aromatic rings. The molecule has 1 aromatic heterocycles. The standard InChI is InChI=1S/C20H24ClN3O5/c1-13-17(14(2)29-23-13)9-19(26)24-7-8-28-20(11-24,10-18(22)25)12-27-16-5-3-15(21)4-6-16/h3-6H,7-12H2,1-2H3,(H2,22,25). The number of carbonyl (C=O) groups excluding carboxylic acids is 2. The van der Waals surface area contributed by atoms with E-state index < -0.39 is 11.5 Å². The fourth-order valence-corrected chi connectivity index (χ4v) is 3.51. The number of rotatable bonds is 7. The first-order chi connectivity index (χ1) is 13.8. The van der Waals surface area contributed by atoms with E-state index in [-0.39, 0.29) is 38.5 Å². The Bertz CT molecular complexity index is 863. The van der Waals surface area contributed by atoms with Crippen molar-refractivity contribution in [3.05, 3.63) is 46.3 Å². The normalized spacial score (nSPS) is 19.2. The summed E-state index contributed by atoms with van der Waals surface area (Å²) >= 11 is 5.89. The molecule has 0 radical (unpaired) electrons. The third-order valence-corrected chi connectivity index (χ3v) is 5.17. The number of carbonyl (C=O) groups is 2. The van der Waals surface area contributed by atoms with Gasteiger partial charge in [-0.25, -0.2) is 0 Å². The molecule has 8 nitrogen and oxygen atoms in total. The van der Waals surface area contributed by atoms with E-state index in [1.54, 1.807) is 43.0 Å². The van der Waals surface area contributed by atoms with Crippen molar-refractivity contribution in [3.63, 3.8) is 0 Å². The van der Waals surface area contributed by atoms with E-state index in [0.717, 1.165) is 5.56 Å². The molecule has 2 heterocycles. The topological polar surface area (TPSA) is 108 Å². The van der Waals surface area contributed by atoms with Gasteiger partial charge in [0.05, 0.1) is 31.7 Å². The summed E-state index contributed by atoms with van der Waals surface area (Å²) in [5, 5.41) is 4.48. The van der Waals surface area contributed by atoms with Gasteiger partial charge in [-0.3, -0.25) is 9.59 Å². The Balaban J connectivity index is 1.72. The minimum Gasteiger partial charge on any atom is -0.490 e. The molecule has 29 heavy (non-hydrogen) atoms. The van der Waals surface area contributed by atoms with Crippen LogP contribution >= 0.6 is 11.6 Å². The molecule has 1 aliphatic heterocycles. The molecule has 156 valence electrons. The van der Waals surface area contributed by atoms with Crippen molar-refractivity contribution in [2.75, 3.05) is 26.3 Å². The van der Waals surface area contributed by atoms with Crippen LogP contribution in [0.2, 0.25) is 5.02 Å². The van der Waals surface area contributed by atoms with Crippen molar-refractivity contribution in [2.45, 2.75) is 32.3 Å². The van der Waals surface area contributed by atoms with Gasteiger partial charge in [0.25, 0.3) is 0 Å². The van der Waals surface area contributed by atoms with Crippen molar-refractivity contribution in [1.82, 2.24) is 10.1 Å². The Morgan fingerprint density at radius 2 is 2.03 bits per heavy atom. The molecule has 0 saturated carbocycles. The molecular formula is C20H24ClN3O5.